The summed E-state index contributed by atoms with van der Waals surface area (Å²) in [5.74, 6) is -4.22. The third kappa shape index (κ3) is 1.36. The van der Waals surface area contributed by atoms with Crippen LogP contribution >= 0.6 is 0 Å². The van der Waals surface area contributed by atoms with E-state index in [-0.39, 0.29) is 0 Å². The van der Waals surface area contributed by atoms with Crippen LogP contribution in [-0.4, -0.2) is 17.5 Å². The van der Waals surface area contributed by atoms with Gasteiger partial charge in [0.2, 0.25) is 11.7 Å². The summed E-state index contributed by atoms with van der Waals surface area (Å²) >= 11 is 0. The number of nitrogens with two attached hydrogens (primary N) is 4. The van der Waals surface area contributed by atoms with E-state index in [1.807, 2.05) is 0 Å². The lowest BCUT2D eigenvalue weighted by Gasteiger charge is -2.28. The first kappa shape index (κ1) is 8.85. The quantitative estimate of drug-likeness (QED) is 0.303. The smallest absolute Gasteiger partial charge is 0.231 e. The van der Waals surface area contributed by atoms with Crippen molar-refractivity contribution >= 4 is 0 Å². The Morgan fingerprint density at radius 2 is 1.09 bits per heavy atom. The van der Waals surface area contributed by atoms with Crippen LogP contribution in [0, 0.1) is 0 Å². The molecule has 11 heavy (non-hydrogen) atoms. The van der Waals surface area contributed by atoms with Crippen molar-refractivity contribution in [1.82, 2.24) is 0 Å². The molecule has 6 heteroatoms. The molecular weight excluding hydrogens is 148 g/mol. The monoisotopic (exact) mass is 162 g/mol. The Bertz CT molecular complexity index is 159. The maximum Gasteiger partial charge on any atom is 0.231 e. The molecule has 0 atom stereocenters. The van der Waals surface area contributed by atoms with Gasteiger partial charge in [-0.1, -0.05) is 0 Å². The van der Waals surface area contributed by atoms with Gasteiger partial charge < -0.3 is 9.47 Å². The fraction of sp³-hybridized carbons (Fsp3) is 1.00. The highest BCUT2D eigenvalue weighted by atomic mass is 16.8. The number of hydrogen-bond donors (Lipinski definition) is 4. The third-order valence-corrected chi connectivity index (χ3v) is 1.44. The molecule has 0 aromatic heterocycles. The lowest BCUT2D eigenvalue weighted by atomic mass is 10.3. The maximum atomic E-state index is 5.41. The van der Waals surface area contributed by atoms with Gasteiger partial charge in [0.25, 0.3) is 0 Å². The second kappa shape index (κ2) is 1.92. The lowest BCUT2D eigenvalue weighted by Crippen LogP contribution is -2.74. The van der Waals surface area contributed by atoms with E-state index in [1.54, 1.807) is 13.8 Å². The Balaban J connectivity index is 2.89. The second-order valence-corrected chi connectivity index (χ2v) is 3.19. The highest BCUT2D eigenvalue weighted by Gasteiger charge is 2.56. The van der Waals surface area contributed by atoms with E-state index in [0.717, 1.165) is 0 Å². The van der Waals surface area contributed by atoms with Gasteiger partial charge in [0, 0.05) is 0 Å². The van der Waals surface area contributed by atoms with E-state index in [0.29, 0.717) is 0 Å². The van der Waals surface area contributed by atoms with Gasteiger partial charge >= 0.3 is 0 Å². The normalized spacial score (nSPS) is 32.2. The molecule has 0 radical (unpaired) electrons. The molecule has 0 aromatic carbocycles. The van der Waals surface area contributed by atoms with Gasteiger partial charge in [-0.05, 0) is 13.8 Å². The zero-order chi connectivity index (χ0) is 8.91. The second-order valence-electron chi connectivity index (χ2n) is 3.19. The van der Waals surface area contributed by atoms with Gasteiger partial charge in [-0.3, -0.25) is 22.9 Å². The molecule has 1 fully saturated rings. The number of rotatable bonds is 0. The molecule has 66 valence electrons. The fourth-order valence-electron chi connectivity index (χ4n) is 0.994. The highest BCUT2D eigenvalue weighted by molar-refractivity contribution is 4.92. The van der Waals surface area contributed by atoms with E-state index < -0.39 is 17.5 Å². The molecule has 0 amide bonds. The number of ether oxygens (including phenoxy) is 2. The molecule has 1 aliphatic rings. The molecular formula is C5H14N4O2. The molecule has 0 bridgehead atoms. The van der Waals surface area contributed by atoms with E-state index in [4.69, 9.17) is 32.4 Å². The Morgan fingerprint density at radius 1 is 0.818 bits per heavy atom. The van der Waals surface area contributed by atoms with E-state index in [1.165, 1.54) is 0 Å². The minimum absolute atomic E-state index is 0.938. The molecule has 0 spiro atoms. The van der Waals surface area contributed by atoms with Crippen molar-refractivity contribution in [2.24, 2.45) is 22.9 Å². The molecule has 0 saturated carbocycles. The largest absolute Gasteiger partial charge is 0.311 e. The van der Waals surface area contributed by atoms with Crippen molar-refractivity contribution in [2.75, 3.05) is 0 Å². The Hall–Kier alpha value is -0.240. The summed E-state index contributed by atoms with van der Waals surface area (Å²) in [6.45, 7) is 3.26. The van der Waals surface area contributed by atoms with Crippen molar-refractivity contribution < 1.29 is 9.47 Å². The first-order valence-electron chi connectivity index (χ1n) is 3.22. The molecule has 0 aliphatic carbocycles. The van der Waals surface area contributed by atoms with Crippen LogP contribution in [0.5, 0.6) is 0 Å². The Morgan fingerprint density at radius 3 is 1.18 bits per heavy atom. The first-order valence-corrected chi connectivity index (χ1v) is 3.22. The van der Waals surface area contributed by atoms with Crippen molar-refractivity contribution in [3.05, 3.63) is 0 Å². The van der Waals surface area contributed by atoms with Gasteiger partial charge in [-0.15, -0.1) is 0 Å². The average molecular weight is 162 g/mol. The van der Waals surface area contributed by atoms with Crippen LogP contribution in [0.3, 0.4) is 0 Å². The maximum absolute atomic E-state index is 5.41. The zero-order valence-electron chi connectivity index (χ0n) is 6.63. The Labute approximate surface area is 64.8 Å². The molecule has 8 N–H and O–H groups in total. The highest BCUT2D eigenvalue weighted by Crippen LogP contribution is 2.31. The number of hydrogen-bond acceptors (Lipinski definition) is 6. The first-order chi connectivity index (χ1) is 4.66. The molecule has 1 heterocycles. The van der Waals surface area contributed by atoms with Crippen LogP contribution in [-0.2, 0) is 9.47 Å². The molecule has 1 saturated heterocycles. The summed E-state index contributed by atoms with van der Waals surface area (Å²) in [4.78, 5) is 0. The van der Waals surface area contributed by atoms with E-state index in [2.05, 4.69) is 0 Å². The van der Waals surface area contributed by atoms with Crippen LogP contribution in [0.25, 0.3) is 0 Å². The minimum Gasteiger partial charge on any atom is -0.311 e. The predicted molar refractivity (Wildman–Crippen MR) is 38.5 cm³/mol. The van der Waals surface area contributed by atoms with Crippen LogP contribution < -0.4 is 22.9 Å². The lowest BCUT2D eigenvalue weighted by molar-refractivity contribution is -0.168. The summed E-state index contributed by atoms with van der Waals surface area (Å²) in [7, 11) is 0. The van der Waals surface area contributed by atoms with Gasteiger partial charge in [-0.2, -0.15) is 0 Å². The third-order valence-electron chi connectivity index (χ3n) is 1.44. The van der Waals surface area contributed by atoms with Gasteiger partial charge in [0.15, 0.2) is 5.79 Å². The van der Waals surface area contributed by atoms with Crippen LogP contribution in [0.15, 0.2) is 0 Å². The van der Waals surface area contributed by atoms with Crippen LogP contribution in [0.4, 0.5) is 0 Å². The topological polar surface area (TPSA) is 123 Å². The van der Waals surface area contributed by atoms with Crippen molar-refractivity contribution in [1.29, 1.82) is 0 Å². The summed E-state index contributed by atoms with van der Waals surface area (Å²) in [5, 5.41) is 0. The zero-order valence-corrected chi connectivity index (χ0v) is 6.63. The molecule has 6 nitrogen and oxygen atoms in total. The molecule has 0 aromatic rings. The van der Waals surface area contributed by atoms with Gasteiger partial charge in [0.05, 0.1) is 0 Å². The SMILES string of the molecule is CC1(C)OC(N)(N)C(N)(N)O1. The molecule has 0 unspecified atom stereocenters. The van der Waals surface area contributed by atoms with Crippen molar-refractivity contribution in [3.8, 4) is 0 Å². The van der Waals surface area contributed by atoms with Crippen LogP contribution in [0.1, 0.15) is 13.8 Å². The summed E-state index contributed by atoms with van der Waals surface area (Å²) < 4.78 is 10.1. The Kier molecular flexibility index (Phi) is 1.54. The molecule has 1 rings (SSSR count). The van der Waals surface area contributed by atoms with Gasteiger partial charge in [0.1, 0.15) is 0 Å². The summed E-state index contributed by atoms with van der Waals surface area (Å²) in [6, 6.07) is 0. The molecule has 1 aliphatic heterocycles. The van der Waals surface area contributed by atoms with Crippen molar-refractivity contribution in [3.63, 3.8) is 0 Å². The van der Waals surface area contributed by atoms with Gasteiger partial charge in [-0.25, -0.2) is 0 Å². The summed E-state index contributed by atoms with van der Waals surface area (Å²) in [5.41, 5.74) is 21.6. The van der Waals surface area contributed by atoms with Crippen molar-refractivity contribution in [2.45, 2.75) is 31.3 Å². The van der Waals surface area contributed by atoms with E-state index >= 15 is 0 Å². The predicted octanol–water partition coefficient (Wildman–Crippen LogP) is -2.09. The van der Waals surface area contributed by atoms with Crippen LogP contribution in [0.2, 0.25) is 0 Å². The minimum atomic E-state index is -1.64. The average Bonchev–Trinajstić information content (AvgIpc) is 1.66. The van der Waals surface area contributed by atoms with E-state index in [9.17, 15) is 0 Å². The summed E-state index contributed by atoms with van der Waals surface area (Å²) in [6.07, 6.45) is 0. The standard InChI is InChI=1S/C5H14N4O2/c1-3(2)10-4(6,7)5(8,9)11-3/h6-9H2,1-2H3. The fourth-order valence-corrected chi connectivity index (χ4v) is 0.994.